The molecule has 0 N–H and O–H groups in total. The van der Waals surface area contributed by atoms with Crippen molar-refractivity contribution in [3.63, 3.8) is 0 Å². The van der Waals surface area contributed by atoms with Crippen molar-refractivity contribution >= 4 is 17.7 Å². The molecule has 2 fully saturated rings. The third-order valence-electron chi connectivity index (χ3n) is 3.61. The summed E-state index contributed by atoms with van der Waals surface area (Å²) in [6, 6.07) is -0.306. The van der Waals surface area contributed by atoms with Crippen molar-refractivity contribution < 1.29 is 18.0 Å². The van der Waals surface area contributed by atoms with E-state index in [-0.39, 0.29) is 12.6 Å². The molecule has 0 radical (unpaired) electrons. The van der Waals surface area contributed by atoms with Gasteiger partial charge in [-0.15, -0.1) is 0 Å². The van der Waals surface area contributed by atoms with Crippen LogP contribution < -0.4 is 0 Å². The molecule has 2 rings (SSSR count). The summed E-state index contributed by atoms with van der Waals surface area (Å²) in [5, 5.41) is 0. The van der Waals surface area contributed by atoms with Gasteiger partial charge in [0, 0.05) is 18.8 Å². The minimum Gasteiger partial charge on any atom is -0.330 e. The van der Waals surface area contributed by atoms with Crippen LogP contribution in [0.5, 0.6) is 0 Å². The number of hydrogen-bond acceptors (Lipinski definition) is 3. The van der Waals surface area contributed by atoms with E-state index in [1.807, 2.05) is 0 Å². The highest BCUT2D eigenvalue weighted by Crippen LogP contribution is 2.25. The van der Waals surface area contributed by atoms with Crippen LogP contribution in [-0.2, 0) is 4.79 Å². The van der Waals surface area contributed by atoms with Crippen LogP contribution in [0, 0.1) is 0 Å². The predicted molar refractivity (Wildman–Crippen MR) is 69.2 cm³/mol. The molecule has 2 aliphatic heterocycles. The van der Waals surface area contributed by atoms with Gasteiger partial charge in [-0.05, 0) is 38.1 Å². The van der Waals surface area contributed by atoms with Crippen molar-refractivity contribution in [2.75, 3.05) is 37.7 Å². The van der Waals surface area contributed by atoms with Gasteiger partial charge in [0.15, 0.2) is 0 Å². The van der Waals surface area contributed by atoms with E-state index >= 15 is 0 Å². The molecule has 0 bridgehead atoms. The summed E-state index contributed by atoms with van der Waals surface area (Å²) in [5.74, 6) is -0.226. The summed E-state index contributed by atoms with van der Waals surface area (Å²) >= 11 is 1.65. The molecule has 0 aromatic rings. The van der Waals surface area contributed by atoms with Gasteiger partial charge in [0.25, 0.3) is 0 Å². The van der Waals surface area contributed by atoms with E-state index in [0.717, 1.165) is 36.6 Å². The van der Waals surface area contributed by atoms with Crippen LogP contribution in [-0.4, -0.2) is 65.6 Å². The van der Waals surface area contributed by atoms with Crippen molar-refractivity contribution in [1.29, 1.82) is 0 Å². The van der Waals surface area contributed by atoms with Crippen molar-refractivity contribution in [1.82, 2.24) is 9.80 Å². The van der Waals surface area contributed by atoms with Gasteiger partial charge in [0.1, 0.15) is 0 Å². The monoisotopic (exact) mass is 296 g/mol. The third kappa shape index (κ3) is 4.02. The number of amides is 1. The first-order valence-electron chi connectivity index (χ1n) is 6.66. The summed E-state index contributed by atoms with van der Waals surface area (Å²) < 4.78 is 37.9. The van der Waals surface area contributed by atoms with Gasteiger partial charge in [-0.25, -0.2) is 0 Å². The van der Waals surface area contributed by atoms with Crippen LogP contribution in [0.4, 0.5) is 13.2 Å². The van der Waals surface area contributed by atoms with E-state index in [4.69, 9.17) is 0 Å². The van der Waals surface area contributed by atoms with Gasteiger partial charge < -0.3 is 9.80 Å². The Hall–Kier alpha value is -0.430. The average Bonchev–Trinajstić information content (AvgIpc) is 2.73. The number of halogens is 3. The maximum atomic E-state index is 12.6. The summed E-state index contributed by atoms with van der Waals surface area (Å²) in [7, 11) is 0. The molecule has 1 atom stereocenters. The van der Waals surface area contributed by atoms with Gasteiger partial charge in [-0.2, -0.15) is 24.9 Å². The van der Waals surface area contributed by atoms with Crippen LogP contribution >= 0.6 is 11.8 Å². The molecule has 2 aliphatic rings. The Kier molecular flexibility index (Phi) is 5.00. The molecule has 110 valence electrons. The lowest BCUT2D eigenvalue weighted by Crippen LogP contribution is -2.51. The summed E-state index contributed by atoms with van der Waals surface area (Å²) in [5.41, 5.74) is 0. The number of thioether (sulfide) groups is 1. The number of alkyl halides is 3. The maximum Gasteiger partial charge on any atom is 0.471 e. The number of rotatable bonds is 2. The first-order chi connectivity index (χ1) is 8.98. The van der Waals surface area contributed by atoms with E-state index in [2.05, 4.69) is 4.90 Å². The van der Waals surface area contributed by atoms with Crippen LogP contribution in [0.25, 0.3) is 0 Å². The average molecular weight is 296 g/mol. The topological polar surface area (TPSA) is 23.6 Å². The lowest BCUT2D eigenvalue weighted by Gasteiger charge is -2.33. The van der Waals surface area contributed by atoms with E-state index in [0.29, 0.717) is 18.7 Å². The molecular weight excluding hydrogens is 277 g/mol. The minimum absolute atomic E-state index is 0.226. The molecule has 0 spiro atoms. The Balaban J connectivity index is 2.04. The first kappa shape index (κ1) is 15.0. The summed E-state index contributed by atoms with van der Waals surface area (Å²) in [4.78, 5) is 14.8. The molecule has 1 amide bonds. The lowest BCUT2D eigenvalue weighted by molar-refractivity contribution is -0.187. The van der Waals surface area contributed by atoms with Gasteiger partial charge in [-0.1, -0.05) is 0 Å². The molecule has 0 aromatic heterocycles. The Morgan fingerprint density at radius 3 is 2.47 bits per heavy atom. The molecule has 0 aliphatic carbocycles. The Morgan fingerprint density at radius 2 is 1.84 bits per heavy atom. The summed E-state index contributed by atoms with van der Waals surface area (Å²) in [6.45, 7) is 2.68. The zero-order valence-corrected chi connectivity index (χ0v) is 11.6. The van der Waals surface area contributed by atoms with Crippen LogP contribution in [0.1, 0.15) is 19.3 Å². The fraction of sp³-hybridized carbons (Fsp3) is 0.917. The van der Waals surface area contributed by atoms with E-state index in [1.54, 1.807) is 11.8 Å². The number of hydrogen-bond donors (Lipinski definition) is 0. The maximum absolute atomic E-state index is 12.6. The standard InChI is InChI=1S/C12H19F3N2OS/c13-12(14,15)11(18)17-6-3-7-19-9-10(17)8-16-4-1-2-5-16/h10H,1-9H2. The van der Waals surface area contributed by atoms with E-state index in [1.165, 1.54) is 0 Å². The molecule has 7 heteroatoms. The third-order valence-corrected chi connectivity index (χ3v) is 4.81. The van der Waals surface area contributed by atoms with Gasteiger partial charge in [0.2, 0.25) is 0 Å². The van der Waals surface area contributed by atoms with Crippen molar-refractivity contribution in [2.24, 2.45) is 0 Å². The molecule has 1 unspecified atom stereocenters. The van der Waals surface area contributed by atoms with Crippen molar-refractivity contribution in [3.05, 3.63) is 0 Å². The van der Waals surface area contributed by atoms with Crippen LogP contribution in [0.2, 0.25) is 0 Å². The number of nitrogens with zero attached hydrogens (tertiary/aromatic N) is 2. The SMILES string of the molecule is O=C(N1CCCSCC1CN1CCCC1)C(F)(F)F. The van der Waals surface area contributed by atoms with Crippen molar-refractivity contribution in [2.45, 2.75) is 31.5 Å². The zero-order valence-electron chi connectivity index (χ0n) is 10.8. The highest BCUT2D eigenvalue weighted by atomic mass is 32.2. The van der Waals surface area contributed by atoms with Gasteiger partial charge in [0.05, 0.1) is 6.04 Å². The molecular formula is C12H19F3N2OS. The fourth-order valence-corrected chi connectivity index (χ4v) is 3.73. The van der Waals surface area contributed by atoms with Crippen LogP contribution in [0.15, 0.2) is 0 Å². The highest BCUT2D eigenvalue weighted by Gasteiger charge is 2.45. The molecule has 2 saturated heterocycles. The second-order valence-electron chi connectivity index (χ2n) is 5.09. The molecule has 0 aromatic carbocycles. The summed E-state index contributed by atoms with van der Waals surface area (Å²) in [6.07, 6.45) is -1.90. The first-order valence-corrected chi connectivity index (χ1v) is 7.82. The lowest BCUT2D eigenvalue weighted by atomic mass is 10.2. The Morgan fingerprint density at radius 1 is 1.16 bits per heavy atom. The molecule has 2 heterocycles. The second-order valence-corrected chi connectivity index (χ2v) is 6.24. The minimum atomic E-state index is -4.75. The molecule has 19 heavy (non-hydrogen) atoms. The quantitative estimate of drug-likeness (QED) is 0.778. The Bertz CT molecular complexity index is 319. The van der Waals surface area contributed by atoms with Gasteiger partial charge in [-0.3, -0.25) is 4.79 Å². The largest absolute Gasteiger partial charge is 0.471 e. The van der Waals surface area contributed by atoms with E-state index in [9.17, 15) is 18.0 Å². The fourth-order valence-electron chi connectivity index (χ4n) is 2.67. The zero-order chi connectivity index (χ0) is 13.9. The van der Waals surface area contributed by atoms with Crippen LogP contribution in [0.3, 0.4) is 0 Å². The highest BCUT2D eigenvalue weighted by molar-refractivity contribution is 7.99. The molecule has 0 saturated carbocycles. The normalized spacial score (nSPS) is 26.5. The predicted octanol–water partition coefficient (Wildman–Crippen LogP) is 1.98. The number of likely N-dealkylation sites (tertiary alicyclic amines) is 1. The van der Waals surface area contributed by atoms with Gasteiger partial charge >= 0.3 is 12.1 Å². The Labute approximate surface area is 115 Å². The molecule has 3 nitrogen and oxygen atoms in total. The second kappa shape index (κ2) is 6.35. The van der Waals surface area contributed by atoms with E-state index < -0.39 is 12.1 Å². The smallest absolute Gasteiger partial charge is 0.330 e. The number of carbonyl (C=O) groups excluding carboxylic acids is 1. The van der Waals surface area contributed by atoms with Crippen molar-refractivity contribution in [3.8, 4) is 0 Å². The number of carbonyl (C=O) groups is 1.